The summed E-state index contributed by atoms with van der Waals surface area (Å²) in [6.07, 6.45) is -17.2. The van der Waals surface area contributed by atoms with Gasteiger partial charge in [-0.2, -0.15) is 74.6 Å². The Kier molecular flexibility index (Phi) is 5.83. The van der Waals surface area contributed by atoms with Crippen LogP contribution in [0.2, 0.25) is 0 Å². The molecule has 0 aromatic heterocycles. The molecule has 1 atom stereocenters. The maximum Gasteiger partial charge on any atom is 0.458 e. The summed E-state index contributed by atoms with van der Waals surface area (Å²) in [7, 11) is 0. The number of rotatable bonds is 5. The molecule has 1 unspecified atom stereocenters. The van der Waals surface area contributed by atoms with Crippen LogP contribution in [0.3, 0.4) is 0 Å². The largest absolute Gasteiger partial charge is 0.458 e. The Labute approximate surface area is 203 Å². The molecule has 0 aromatic rings. The summed E-state index contributed by atoms with van der Waals surface area (Å²) in [5, 5.41) is -4.84. The Bertz CT molecular complexity index is 1050. The van der Waals surface area contributed by atoms with Crippen molar-refractivity contribution in [1.82, 2.24) is 5.34 Å². The zero-order chi connectivity index (χ0) is 33.3. The smallest absolute Gasteiger partial charge is 0.272 e. The molecule has 242 valence electrons. The highest BCUT2D eigenvalue weighted by atomic mass is 19.4. The highest BCUT2D eigenvalue weighted by Crippen LogP contribution is 2.89. The van der Waals surface area contributed by atoms with Crippen LogP contribution in [0.15, 0.2) is 0 Å². The van der Waals surface area contributed by atoms with Crippen LogP contribution in [-0.4, -0.2) is 87.5 Å². The van der Waals surface area contributed by atoms with E-state index in [1.807, 2.05) is 0 Å². The molecule has 0 heterocycles. The maximum absolute atomic E-state index is 15.3. The molecule has 4 fully saturated rings. The minimum Gasteiger partial charge on any atom is -0.272 e. The van der Waals surface area contributed by atoms with Gasteiger partial charge in [-0.1, -0.05) is 8.96 Å². The zero-order valence-electron chi connectivity index (χ0n) is 17.3. The van der Waals surface area contributed by atoms with Crippen molar-refractivity contribution in [3.8, 4) is 0 Å². The van der Waals surface area contributed by atoms with Crippen LogP contribution in [0.5, 0.6) is 0 Å². The molecule has 0 aromatic carbocycles. The van der Waals surface area contributed by atoms with Gasteiger partial charge in [0, 0.05) is 0 Å². The van der Waals surface area contributed by atoms with Crippen molar-refractivity contribution in [3.63, 3.8) is 0 Å². The second-order valence-corrected chi connectivity index (χ2v) is 8.65. The summed E-state index contributed by atoms with van der Waals surface area (Å²) in [5.41, 5.74) is -35.0. The van der Waals surface area contributed by atoms with E-state index >= 15 is 13.2 Å². The SMILES string of the molecule is FN(F)C(F)(C(F)(F)OC1(F)C2(F)C(F)(F)C3(F)C(F)(F)C(F)(C2(F)F)C(F)(F)C1(F)C3(F)F)C(F)(F)C(F)(F)F. The Morgan fingerprint density at radius 1 is 0.415 bits per heavy atom. The van der Waals surface area contributed by atoms with Crippen LogP contribution in [0.1, 0.15) is 0 Å². The van der Waals surface area contributed by atoms with E-state index in [0.29, 0.717) is 0 Å². The van der Waals surface area contributed by atoms with Crippen molar-refractivity contribution in [2.45, 2.75) is 82.1 Å². The van der Waals surface area contributed by atoms with Crippen molar-refractivity contribution in [1.29, 1.82) is 0 Å². The molecule has 41 heavy (non-hydrogen) atoms. The number of ether oxygens (including phenoxy) is 1. The summed E-state index contributed by atoms with van der Waals surface area (Å²) in [6.45, 7) is 0. The van der Waals surface area contributed by atoms with E-state index in [1.165, 1.54) is 4.74 Å². The number of halogens is 25. The molecule has 0 aliphatic heterocycles. The molecule has 0 spiro atoms. The Balaban J connectivity index is 2.58. The minimum absolute atomic E-state index is 1.19. The number of hydrogen-bond donors (Lipinski definition) is 0. The molecule has 4 aliphatic rings. The van der Waals surface area contributed by atoms with Gasteiger partial charge in [-0.3, -0.25) is 4.74 Å². The number of hydrogen-bond acceptors (Lipinski definition) is 2. The first-order valence-corrected chi connectivity index (χ1v) is 9.07. The lowest BCUT2D eigenvalue weighted by atomic mass is 9.40. The molecule has 4 rings (SSSR count). The van der Waals surface area contributed by atoms with E-state index in [9.17, 15) is 96.8 Å². The molecule has 4 saturated carbocycles. The van der Waals surface area contributed by atoms with Gasteiger partial charge in [0.2, 0.25) is 0 Å². The third-order valence-corrected chi connectivity index (χ3v) is 6.87. The van der Waals surface area contributed by atoms with Gasteiger partial charge < -0.3 is 0 Å². The number of alkyl halides is 23. The van der Waals surface area contributed by atoms with Gasteiger partial charge >= 0.3 is 82.1 Å². The predicted molar refractivity (Wildman–Crippen MR) is 68.9 cm³/mol. The normalized spacial score (nSPS) is 43.8. The lowest BCUT2D eigenvalue weighted by Crippen LogP contribution is -3.09. The first-order valence-electron chi connectivity index (χ1n) is 9.07. The van der Waals surface area contributed by atoms with Crippen LogP contribution >= 0.6 is 0 Å². The highest BCUT2D eigenvalue weighted by Gasteiger charge is 3.24. The fraction of sp³-hybridized carbons (Fsp3) is 1.00. The van der Waals surface area contributed by atoms with E-state index < -0.39 is 87.5 Å². The summed E-state index contributed by atoms with van der Waals surface area (Å²) < 4.78 is 350. The third-order valence-electron chi connectivity index (χ3n) is 6.87. The quantitative estimate of drug-likeness (QED) is 0.173. The second kappa shape index (κ2) is 7.10. The molecule has 2 nitrogen and oxygen atoms in total. The zero-order valence-corrected chi connectivity index (χ0v) is 17.3. The van der Waals surface area contributed by atoms with Gasteiger partial charge in [-0.25, -0.2) is 26.3 Å². The average Bonchev–Trinajstić information content (AvgIpc) is 2.76. The maximum atomic E-state index is 15.3. The van der Waals surface area contributed by atoms with Crippen molar-refractivity contribution in [3.05, 3.63) is 0 Å². The average molecular weight is 673 g/mol. The third kappa shape index (κ3) is 2.37. The monoisotopic (exact) mass is 673 g/mol. The van der Waals surface area contributed by atoms with E-state index in [4.69, 9.17) is 0 Å². The van der Waals surface area contributed by atoms with Crippen molar-refractivity contribution in [2.75, 3.05) is 0 Å². The van der Waals surface area contributed by atoms with Gasteiger partial charge in [-0.05, 0) is 0 Å². The molecule has 4 aliphatic carbocycles. The lowest BCUT2D eigenvalue weighted by Gasteiger charge is -2.74. The van der Waals surface area contributed by atoms with Crippen LogP contribution in [0.25, 0.3) is 0 Å². The first-order chi connectivity index (χ1) is 17.4. The molecule has 0 N–H and O–H groups in total. The number of nitrogens with zero attached hydrogens (tertiary/aromatic N) is 1. The van der Waals surface area contributed by atoms with E-state index in [2.05, 4.69) is 0 Å². The Hall–Kier alpha value is -1.83. The van der Waals surface area contributed by atoms with E-state index in [0.717, 1.165) is 0 Å². The van der Waals surface area contributed by atoms with Crippen LogP contribution in [0, 0.1) is 0 Å². The summed E-state index contributed by atoms with van der Waals surface area (Å²) in [6, 6.07) is 0. The second-order valence-electron chi connectivity index (χ2n) is 8.65. The highest BCUT2D eigenvalue weighted by molar-refractivity contribution is 5.54. The predicted octanol–water partition coefficient (Wildman–Crippen LogP) is 7.25. The standard InChI is InChI=1S/C14F25NO/c15-1-5(19,20)2(16)8(25,26)3(17,6(1,21)22)12(32,4(18,7(1,23)24)9(2,27)28)41-14(36,37)11(31,40(38)39)10(29,30)13(33,34)35. The topological polar surface area (TPSA) is 12.5 Å². The molecule has 0 saturated heterocycles. The summed E-state index contributed by atoms with van der Waals surface area (Å²) in [5.74, 6) is -70.4. The minimum atomic E-state index is -9.10. The van der Waals surface area contributed by atoms with Crippen molar-refractivity contribution >= 4 is 0 Å². The molecular weight excluding hydrogens is 673 g/mol. The van der Waals surface area contributed by atoms with Gasteiger partial charge in [0.15, 0.2) is 0 Å². The first kappa shape index (κ1) is 33.7. The van der Waals surface area contributed by atoms with Gasteiger partial charge in [0.1, 0.15) is 0 Å². The van der Waals surface area contributed by atoms with Crippen LogP contribution in [0.4, 0.5) is 110 Å². The molecular formula is C14F25NO. The fourth-order valence-electron chi connectivity index (χ4n) is 4.77. The van der Waals surface area contributed by atoms with Gasteiger partial charge in [-0.15, -0.1) is 0 Å². The molecule has 27 heteroatoms. The van der Waals surface area contributed by atoms with Gasteiger partial charge in [0.25, 0.3) is 0 Å². The Morgan fingerprint density at radius 3 is 0.878 bits per heavy atom. The Morgan fingerprint density at radius 2 is 0.659 bits per heavy atom. The summed E-state index contributed by atoms with van der Waals surface area (Å²) in [4.78, 5) is 0. The van der Waals surface area contributed by atoms with Crippen LogP contribution < -0.4 is 0 Å². The molecule has 4 bridgehead atoms. The van der Waals surface area contributed by atoms with Crippen LogP contribution in [-0.2, 0) is 4.74 Å². The lowest BCUT2D eigenvalue weighted by molar-refractivity contribution is -0.634. The van der Waals surface area contributed by atoms with Crippen molar-refractivity contribution < 1.29 is 115 Å². The summed E-state index contributed by atoms with van der Waals surface area (Å²) >= 11 is 0. The fourth-order valence-corrected chi connectivity index (χ4v) is 4.77. The van der Waals surface area contributed by atoms with E-state index in [1.54, 1.807) is 0 Å². The molecule has 0 amide bonds. The van der Waals surface area contributed by atoms with Gasteiger partial charge in [0.05, 0.1) is 5.34 Å². The molecule has 0 radical (unpaired) electrons. The van der Waals surface area contributed by atoms with Crippen molar-refractivity contribution in [2.24, 2.45) is 0 Å². The van der Waals surface area contributed by atoms with E-state index in [-0.39, 0.29) is 0 Å².